The Hall–Kier alpha value is -1.06. The third kappa shape index (κ3) is 2.76. The lowest BCUT2D eigenvalue weighted by molar-refractivity contribution is -0.203. The van der Waals surface area contributed by atoms with Crippen LogP contribution in [0.4, 0.5) is 0 Å². The Labute approximate surface area is 163 Å². The van der Waals surface area contributed by atoms with E-state index in [2.05, 4.69) is 20.8 Å². The summed E-state index contributed by atoms with van der Waals surface area (Å²) in [5, 5.41) is 0. The van der Waals surface area contributed by atoms with Crippen LogP contribution < -0.4 is 0 Å². The highest BCUT2D eigenvalue weighted by atomic mass is 16.5. The molecule has 3 aliphatic carbocycles. The van der Waals surface area contributed by atoms with Crippen LogP contribution in [-0.4, -0.2) is 25.2 Å². The molecule has 152 valence electrons. The molecule has 0 aromatic rings. The molecule has 0 aromatic carbocycles. The Morgan fingerprint density at radius 2 is 1.89 bits per heavy atom. The molecule has 0 unspecified atom stereocenters. The van der Waals surface area contributed by atoms with Gasteiger partial charge in [0.25, 0.3) is 0 Å². The van der Waals surface area contributed by atoms with E-state index in [0.29, 0.717) is 37.4 Å². The summed E-state index contributed by atoms with van der Waals surface area (Å²) in [6.07, 6.45) is 8.45. The average Bonchev–Trinajstić information content (AvgIpc) is 3.01. The van der Waals surface area contributed by atoms with E-state index >= 15 is 0 Å². The third-order valence-electron chi connectivity index (χ3n) is 9.16. The van der Waals surface area contributed by atoms with Gasteiger partial charge >= 0.3 is 11.9 Å². The summed E-state index contributed by atoms with van der Waals surface area (Å²) in [4.78, 5) is 24.3. The zero-order chi connectivity index (χ0) is 19.4. The molecule has 4 fully saturated rings. The molecular weight excluding hydrogens is 340 g/mol. The molecule has 1 aliphatic heterocycles. The first-order valence-electron chi connectivity index (χ1n) is 11.1. The van der Waals surface area contributed by atoms with Crippen molar-refractivity contribution in [2.75, 3.05) is 13.2 Å². The number of ether oxygens (including phenoxy) is 2. The summed E-state index contributed by atoms with van der Waals surface area (Å²) in [7, 11) is 0. The minimum absolute atomic E-state index is 0.0252. The number of carbonyl (C=O) groups is 2. The van der Waals surface area contributed by atoms with Crippen molar-refractivity contribution in [1.29, 1.82) is 0 Å². The number of hydrogen-bond donors (Lipinski definition) is 0. The van der Waals surface area contributed by atoms with Gasteiger partial charge in [-0.25, -0.2) is 0 Å². The molecule has 0 amide bonds. The molecule has 0 spiro atoms. The van der Waals surface area contributed by atoms with Crippen LogP contribution in [0, 0.1) is 39.9 Å². The van der Waals surface area contributed by atoms with Gasteiger partial charge in [0.05, 0.1) is 19.1 Å². The number of esters is 2. The predicted molar refractivity (Wildman–Crippen MR) is 103 cm³/mol. The summed E-state index contributed by atoms with van der Waals surface area (Å²) in [6.45, 7) is 10.3. The van der Waals surface area contributed by atoms with Gasteiger partial charge in [-0.05, 0) is 61.2 Å². The van der Waals surface area contributed by atoms with E-state index < -0.39 is 0 Å². The number of carbonyl (C=O) groups excluding carboxylic acids is 2. The van der Waals surface area contributed by atoms with Crippen LogP contribution in [0.5, 0.6) is 0 Å². The van der Waals surface area contributed by atoms with Crippen LogP contribution in [0.25, 0.3) is 0 Å². The fourth-order valence-electron chi connectivity index (χ4n) is 7.91. The van der Waals surface area contributed by atoms with Gasteiger partial charge < -0.3 is 9.47 Å². The monoisotopic (exact) mass is 376 g/mol. The maximum atomic E-state index is 12.3. The van der Waals surface area contributed by atoms with Crippen LogP contribution in [0.3, 0.4) is 0 Å². The van der Waals surface area contributed by atoms with Crippen molar-refractivity contribution in [2.24, 2.45) is 39.9 Å². The molecular formula is C23H36O4. The van der Waals surface area contributed by atoms with E-state index in [0.717, 1.165) is 19.3 Å². The Kier molecular flexibility index (Phi) is 4.63. The molecule has 0 radical (unpaired) electrons. The molecule has 0 N–H and O–H groups in total. The van der Waals surface area contributed by atoms with Crippen molar-refractivity contribution < 1.29 is 19.1 Å². The maximum Gasteiger partial charge on any atom is 0.309 e. The second-order valence-corrected chi connectivity index (χ2v) is 10.7. The Morgan fingerprint density at radius 3 is 2.63 bits per heavy atom. The standard InChI is InChI=1S/C23H36O4/c1-5-19(24)27-14-23-11-6-10-21(2,3)17(23)9-12-22(4)16-13-26-20(25)15(16)7-8-18(22)23/h15-18H,5-14H2,1-4H3/t15-,16-,17+,18+,22+,23-/m1/s1. The van der Waals surface area contributed by atoms with Gasteiger partial charge in [-0.1, -0.05) is 34.1 Å². The minimum atomic E-state index is -0.0770. The predicted octanol–water partition coefficient (Wildman–Crippen LogP) is 4.75. The van der Waals surface area contributed by atoms with Gasteiger partial charge in [0.2, 0.25) is 0 Å². The van der Waals surface area contributed by atoms with E-state index in [4.69, 9.17) is 9.47 Å². The van der Waals surface area contributed by atoms with Crippen LogP contribution in [0.1, 0.15) is 79.1 Å². The van der Waals surface area contributed by atoms with Gasteiger partial charge in [-0.15, -0.1) is 0 Å². The van der Waals surface area contributed by atoms with Gasteiger partial charge in [-0.2, -0.15) is 0 Å². The summed E-state index contributed by atoms with van der Waals surface area (Å²) in [5.74, 6) is 1.49. The molecule has 27 heavy (non-hydrogen) atoms. The highest BCUT2D eigenvalue weighted by Crippen LogP contribution is 2.69. The summed E-state index contributed by atoms with van der Waals surface area (Å²) >= 11 is 0. The lowest BCUT2D eigenvalue weighted by Crippen LogP contribution is -2.62. The first kappa shape index (κ1) is 19.3. The Morgan fingerprint density at radius 1 is 1.11 bits per heavy atom. The number of fused-ring (bicyclic) bond motifs is 5. The molecule has 4 rings (SSSR count). The average molecular weight is 377 g/mol. The molecule has 3 saturated carbocycles. The Bertz CT molecular complexity index is 626. The van der Waals surface area contributed by atoms with Gasteiger partial charge in [-0.3, -0.25) is 9.59 Å². The second-order valence-electron chi connectivity index (χ2n) is 10.7. The molecule has 4 nitrogen and oxygen atoms in total. The zero-order valence-corrected chi connectivity index (χ0v) is 17.5. The van der Waals surface area contributed by atoms with Crippen molar-refractivity contribution in [1.82, 2.24) is 0 Å². The van der Waals surface area contributed by atoms with Crippen molar-refractivity contribution in [3.05, 3.63) is 0 Å². The minimum Gasteiger partial charge on any atom is -0.465 e. The lowest BCUT2D eigenvalue weighted by atomic mass is 9.38. The Balaban J connectivity index is 1.72. The van der Waals surface area contributed by atoms with E-state index in [9.17, 15) is 9.59 Å². The van der Waals surface area contributed by atoms with E-state index in [1.807, 2.05) is 6.92 Å². The van der Waals surface area contributed by atoms with Crippen LogP contribution in [-0.2, 0) is 19.1 Å². The summed E-state index contributed by atoms with van der Waals surface area (Å²) in [5.41, 5.74) is 0.477. The molecule has 0 aromatic heterocycles. The van der Waals surface area contributed by atoms with Gasteiger partial charge in [0.15, 0.2) is 0 Å². The highest BCUT2D eigenvalue weighted by Gasteiger charge is 2.66. The molecule has 1 heterocycles. The first-order valence-corrected chi connectivity index (χ1v) is 11.1. The largest absolute Gasteiger partial charge is 0.465 e. The molecule has 6 atom stereocenters. The van der Waals surface area contributed by atoms with Crippen LogP contribution in [0.2, 0.25) is 0 Å². The van der Waals surface area contributed by atoms with Crippen LogP contribution in [0.15, 0.2) is 0 Å². The topological polar surface area (TPSA) is 52.6 Å². The normalized spacial score (nSPS) is 45.3. The molecule has 0 bridgehead atoms. The van der Waals surface area contributed by atoms with Crippen molar-refractivity contribution >= 4 is 11.9 Å². The number of rotatable bonds is 3. The van der Waals surface area contributed by atoms with Crippen molar-refractivity contribution in [3.63, 3.8) is 0 Å². The third-order valence-corrected chi connectivity index (χ3v) is 9.16. The number of cyclic esters (lactones) is 1. The zero-order valence-electron chi connectivity index (χ0n) is 17.5. The quantitative estimate of drug-likeness (QED) is 0.667. The highest BCUT2D eigenvalue weighted by molar-refractivity contribution is 5.75. The maximum absolute atomic E-state index is 12.3. The van der Waals surface area contributed by atoms with Crippen molar-refractivity contribution in [2.45, 2.75) is 79.1 Å². The van der Waals surface area contributed by atoms with E-state index in [1.165, 1.54) is 25.7 Å². The van der Waals surface area contributed by atoms with Gasteiger partial charge in [0.1, 0.15) is 0 Å². The fourth-order valence-corrected chi connectivity index (χ4v) is 7.91. The molecule has 4 aliphatic rings. The fraction of sp³-hybridized carbons (Fsp3) is 0.913. The summed E-state index contributed by atoms with van der Waals surface area (Å²) in [6, 6.07) is 0. The first-order chi connectivity index (χ1) is 12.7. The summed E-state index contributed by atoms with van der Waals surface area (Å²) < 4.78 is 11.4. The van der Waals surface area contributed by atoms with E-state index in [-0.39, 0.29) is 34.1 Å². The SMILES string of the molecule is CCC(=O)OC[C@]12CCCC(C)(C)[C@@H]1CC[C@@]1(C)[C@@H]3COC(=O)[C@@H]3CC[C@@H]12. The number of hydrogen-bond acceptors (Lipinski definition) is 4. The molecule has 4 heteroatoms. The second kappa shape index (κ2) is 6.49. The lowest BCUT2D eigenvalue weighted by Gasteiger charge is -2.66. The van der Waals surface area contributed by atoms with E-state index in [1.54, 1.807) is 0 Å². The molecule has 1 saturated heterocycles. The smallest absolute Gasteiger partial charge is 0.309 e. The van der Waals surface area contributed by atoms with Crippen molar-refractivity contribution in [3.8, 4) is 0 Å². The van der Waals surface area contributed by atoms with Crippen LogP contribution >= 0.6 is 0 Å². The van der Waals surface area contributed by atoms with Gasteiger partial charge in [0, 0.05) is 17.8 Å².